The fourth-order valence-electron chi connectivity index (χ4n) is 1.82. The number of aryl methyl sites for hydroxylation is 2. The average Bonchev–Trinajstić information content (AvgIpc) is 3.15. The van der Waals surface area contributed by atoms with Gasteiger partial charge in [0.25, 0.3) is 0 Å². The second-order valence-corrected chi connectivity index (χ2v) is 6.22. The summed E-state index contributed by atoms with van der Waals surface area (Å²) in [6.45, 7) is 0.915. The summed E-state index contributed by atoms with van der Waals surface area (Å²) in [5.41, 5.74) is 1.06. The van der Waals surface area contributed by atoms with Gasteiger partial charge in [-0.05, 0) is 30.0 Å². The minimum atomic E-state index is 0.818. The minimum Gasteiger partial charge on any atom is -0.308 e. The molecule has 0 aliphatic carbocycles. The van der Waals surface area contributed by atoms with Crippen molar-refractivity contribution in [1.29, 1.82) is 0 Å². The van der Waals surface area contributed by atoms with E-state index in [1.165, 1.54) is 4.88 Å². The van der Waals surface area contributed by atoms with Crippen molar-refractivity contribution in [1.82, 2.24) is 19.7 Å². The Bertz CT molecular complexity index is 634. The van der Waals surface area contributed by atoms with Gasteiger partial charge in [-0.3, -0.25) is 4.98 Å². The van der Waals surface area contributed by atoms with Gasteiger partial charge in [-0.2, -0.15) is 0 Å². The summed E-state index contributed by atoms with van der Waals surface area (Å²) in [5.74, 6) is 0.818. The highest BCUT2D eigenvalue weighted by molar-refractivity contribution is 7.98. The molecule has 0 aliphatic rings. The predicted molar refractivity (Wildman–Crippen MR) is 81.8 cm³/mol. The summed E-state index contributed by atoms with van der Waals surface area (Å²) in [6.07, 6.45) is 4.64. The van der Waals surface area contributed by atoms with Crippen LogP contribution in [0.3, 0.4) is 0 Å². The molecule has 3 aromatic heterocycles. The van der Waals surface area contributed by atoms with Crippen molar-refractivity contribution in [3.05, 3.63) is 58.8 Å². The van der Waals surface area contributed by atoms with Crippen LogP contribution in [0.4, 0.5) is 0 Å². The Hall–Kier alpha value is -1.66. The average molecular weight is 302 g/mol. The van der Waals surface area contributed by atoms with Crippen LogP contribution in [0.1, 0.15) is 10.6 Å². The zero-order valence-corrected chi connectivity index (χ0v) is 12.5. The van der Waals surface area contributed by atoms with Crippen LogP contribution < -0.4 is 0 Å². The maximum Gasteiger partial charge on any atom is 0.191 e. The van der Waals surface area contributed by atoms with Gasteiger partial charge in [-0.25, -0.2) is 0 Å². The van der Waals surface area contributed by atoms with Crippen LogP contribution in [0, 0.1) is 0 Å². The van der Waals surface area contributed by atoms with Gasteiger partial charge in [0.15, 0.2) is 5.16 Å². The van der Waals surface area contributed by atoms with E-state index in [1.54, 1.807) is 29.4 Å². The molecule has 0 amide bonds. The monoisotopic (exact) mass is 302 g/mol. The molecule has 0 N–H and O–H groups in total. The maximum atomic E-state index is 4.32. The number of hydrogen-bond donors (Lipinski definition) is 0. The van der Waals surface area contributed by atoms with Gasteiger partial charge in [-0.1, -0.05) is 23.9 Å². The Morgan fingerprint density at radius 1 is 1.20 bits per heavy atom. The Kier molecular flexibility index (Phi) is 4.45. The van der Waals surface area contributed by atoms with Crippen molar-refractivity contribution < 1.29 is 0 Å². The van der Waals surface area contributed by atoms with Crippen molar-refractivity contribution in [3.8, 4) is 0 Å². The molecule has 0 saturated heterocycles. The second kappa shape index (κ2) is 6.67. The molecule has 4 nitrogen and oxygen atoms in total. The number of aromatic nitrogens is 4. The highest BCUT2D eigenvalue weighted by Gasteiger charge is 2.06. The van der Waals surface area contributed by atoms with E-state index >= 15 is 0 Å². The van der Waals surface area contributed by atoms with Crippen molar-refractivity contribution >= 4 is 23.1 Å². The molecule has 3 heterocycles. The Morgan fingerprint density at radius 2 is 2.20 bits per heavy atom. The van der Waals surface area contributed by atoms with Crippen molar-refractivity contribution in [2.45, 2.75) is 23.9 Å². The van der Waals surface area contributed by atoms with E-state index in [2.05, 4.69) is 37.3 Å². The lowest BCUT2D eigenvalue weighted by Crippen LogP contribution is -2.01. The van der Waals surface area contributed by atoms with Crippen LogP contribution in [0.5, 0.6) is 0 Å². The lowest BCUT2D eigenvalue weighted by atomic mass is 10.3. The zero-order valence-electron chi connectivity index (χ0n) is 10.8. The van der Waals surface area contributed by atoms with Crippen molar-refractivity contribution in [3.63, 3.8) is 0 Å². The molecular weight excluding hydrogens is 288 g/mol. The standard InChI is InChI=1S/C14H14N4S2/c1-2-7-15-12(4-1)10-20-14-17-16-11-18(14)8-6-13-5-3-9-19-13/h1-5,7,9,11H,6,8,10H2. The number of thiophene rings is 1. The third-order valence-corrected chi connectivity index (χ3v) is 4.79. The molecular formula is C14H14N4S2. The number of thioether (sulfide) groups is 1. The molecule has 3 aromatic rings. The topological polar surface area (TPSA) is 43.6 Å². The third-order valence-electron chi connectivity index (χ3n) is 2.83. The molecule has 0 bridgehead atoms. The molecule has 0 aromatic carbocycles. The van der Waals surface area contributed by atoms with Gasteiger partial charge < -0.3 is 4.57 Å². The molecule has 6 heteroatoms. The lowest BCUT2D eigenvalue weighted by molar-refractivity contribution is 0.637. The van der Waals surface area contributed by atoms with E-state index in [4.69, 9.17) is 0 Å². The fraction of sp³-hybridized carbons (Fsp3) is 0.214. The Morgan fingerprint density at radius 3 is 3.00 bits per heavy atom. The first-order valence-corrected chi connectivity index (χ1v) is 8.21. The normalized spacial score (nSPS) is 10.8. The summed E-state index contributed by atoms with van der Waals surface area (Å²) in [7, 11) is 0. The first kappa shape index (κ1) is 13.3. The summed E-state index contributed by atoms with van der Waals surface area (Å²) in [6, 6.07) is 10.2. The Balaban J connectivity index is 1.59. The summed E-state index contributed by atoms with van der Waals surface area (Å²) >= 11 is 3.46. The number of rotatable bonds is 6. The van der Waals surface area contributed by atoms with Gasteiger partial charge in [0.2, 0.25) is 0 Å². The molecule has 3 rings (SSSR count). The van der Waals surface area contributed by atoms with Crippen LogP contribution >= 0.6 is 23.1 Å². The van der Waals surface area contributed by atoms with Gasteiger partial charge in [-0.15, -0.1) is 21.5 Å². The first-order valence-electron chi connectivity index (χ1n) is 6.35. The summed E-state index contributed by atoms with van der Waals surface area (Å²) < 4.78 is 2.10. The van der Waals surface area contributed by atoms with E-state index in [0.717, 1.165) is 29.6 Å². The first-order chi connectivity index (χ1) is 9.92. The Labute approximate surface area is 125 Å². The highest BCUT2D eigenvalue weighted by Crippen LogP contribution is 2.20. The largest absolute Gasteiger partial charge is 0.308 e. The predicted octanol–water partition coefficient (Wildman–Crippen LogP) is 3.27. The van der Waals surface area contributed by atoms with E-state index in [0.29, 0.717) is 0 Å². The van der Waals surface area contributed by atoms with E-state index in [9.17, 15) is 0 Å². The number of pyridine rings is 1. The quantitative estimate of drug-likeness (QED) is 0.656. The van der Waals surface area contributed by atoms with E-state index in [-0.39, 0.29) is 0 Å². The number of hydrogen-bond acceptors (Lipinski definition) is 5. The molecule has 0 fully saturated rings. The molecule has 102 valence electrons. The molecule has 0 atom stereocenters. The van der Waals surface area contributed by atoms with Crippen LogP contribution in [-0.4, -0.2) is 19.7 Å². The highest BCUT2D eigenvalue weighted by atomic mass is 32.2. The molecule has 0 saturated carbocycles. The molecule has 0 unspecified atom stereocenters. The molecule has 0 radical (unpaired) electrons. The summed E-state index contributed by atoms with van der Waals surface area (Å²) in [4.78, 5) is 5.71. The fourth-order valence-corrected chi connectivity index (χ4v) is 3.37. The SMILES string of the molecule is c1ccc(CSc2nncn2CCc2cccs2)nc1. The number of nitrogens with zero attached hydrogens (tertiary/aromatic N) is 4. The maximum absolute atomic E-state index is 4.32. The van der Waals surface area contributed by atoms with Crippen LogP contribution in [0.2, 0.25) is 0 Å². The van der Waals surface area contributed by atoms with Gasteiger partial charge in [0.05, 0.1) is 5.69 Å². The molecule has 0 aliphatic heterocycles. The van der Waals surface area contributed by atoms with E-state index < -0.39 is 0 Å². The molecule has 20 heavy (non-hydrogen) atoms. The van der Waals surface area contributed by atoms with Crippen LogP contribution in [0.15, 0.2) is 53.4 Å². The van der Waals surface area contributed by atoms with Gasteiger partial charge in [0.1, 0.15) is 6.33 Å². The van der Waals surface area contributed by atoms with Crippen LogP contribution in [-0.2, 0) is 18.7 Å². The minimum absolute atomic E-state index is 0.818. The second-order valence-electron chi connectivity index (χ2n) is 4.25. The third kappa shape index (κ3) is 3.46. The lowest BCUT2D eigenvalue weighted by Gasteiger charge is -2.05. The van der Waals surface area contributed by atoms with Gasteiger partial charge >= 0.3 is 0 Å². The smallest absolute Gasteiger partial charge is 0.191 e. The zero-order chi connectivity index (χ0) is 13.6. The van der Waals surface area contributed by atoms with Gasteiger partial charge in [0, 0.05) is 23.4 Å². The van der Waals surface area contributed by atoms with Crippen molar-refractivity contribution in [2.75, 3.05) is 0 Å². The van der Waals surface area contributed by atoms with Crippen LogP contribution in [0.25, 0.3) is 0 Å². The van der Waals surface area contributed by atoms with E-state index in [1.807, 2.05) is 24.4 Å². The summed E-state index contributed by atoms with van der Waals surface area (Å²) in [5, 5.41) is 11.3. The molecule has 0 spiro atoms. The van der Waals surface area contributed by atoms with Crippen molar-refractivity contribution in [2.24, 2.45) is 0 Å².